The Kier molecular flexibility index (Phi) is 8.65. The number of hydrogen-bond donors (Lipinski definition) is 2. The maximum absolute atomic E-state index is 13.9. The first-order chi connectivity index (χ1) is 20.1. The minimum absolute atomic E-state index is 0.102. The molecule has 0 unspecified atom stereocenters. The van der Waals surface area contributed by atoms with Gasteiger partial charge in [-0.15, -0.1) is 0 Å². The van der Waals surface area contributed by atoms with E-state index in [-0.39, 0.29) is 18.4 Å². The molecule has 4 aromatic rings. The molecule has 2 N–H and O–H groups in total. The Morgan fingerprint density at radius 2 is 1.81 bits per heavy atom. The Bertz CT molecular complexity index is 1610. The number of H-pyrrole nitrogens is 1. The second-order valence-corrected chi connectivity index (χ2v) is 11.5. The smallest absolute Gasteiger partial charge is 0.325 e. The van der Waals surface area contributed by atoms with Crippen molar-refractivity contribution in [2.75, 3.05) is 20.7 Å². The number of urea groups is 1. The van der Waals surface area contributed by atoms with Gasteiger partial charge in [-0.3, -0.25) is 14.5 Å². The fourth-order valence-corrected chi connectivity index (χ4v) is 5.64. The maximum Gasteiger partial charge on any atom is 0.325 e. The van der Waals surface area contributed by atoms with Crippen molar-refractivity contribution in [2.24, 2.45) is 0 Å². The summed E-state index contributed by atoms with van der Waals surface area (Å²) in [5.41, 5.74) is 2.95. The van der Waals surface area contributed by atoms with E-state index >= 15 is 0 Å². The lowest BCUT2D eigenvalue weighted by Gasteiger charge is -2.29. The van der Waals surface area contributed by atoms with Crippen LogP contribution in [0.2, 0.25) is 5.02 Å². The molecular formula is C31H29BrClN5O4. The number of imide groups is 1. The van der Waals surface area contributed by atoms with Crippen LogP contribution in [-0.2, 0) is 9.59 Å². The lowest BCUT2D eigenvalue weighted by Crippen LogP contribution is -2.38. The Labute approximate surface area is 257 Å². The standard InChI is InChI=1S/C31H29BrClN5O4/c1-18(19-7-5-4-6-8-19)28(29-34-16-25(35-29)23-14-11-21(32)15-24(23)33)38-30(40)27(36-31(38)41)20-9-12-22(13-10-20)42-17-26(39)37(2)3/h4-16,18,27-28H,17H2,1-3H3,(H,34,35)(H,36,41)/t18-,27+,28-/m0/s1. The van der Waals surface area contributed by atoms with Crippen LogP contribution in [0.25, 0.3) is 11.3 Å². The first kappa shape index (κ1) is 29.3. The molecule has 4 amide bonds. The first-order valence-electron chi connectivity index (χ1n) is 13.3. The lowest BCUT2D eigenvalue weighted by molar-refractivity contribution is -0.131. The fourth-order valence-electron chi connectivity index (χ4n) is 4.87. The van der Waals surface area contributed by atoms with E-state index in [1.165, 1.54) is 9.80 Å². The minimum atomic E-state index is -0.893. The summed E-state index contributed by atoms with van der Waals surface area (Å²) >= 11 is 9.92. The summed E-state index contributed by atoms with van der Waals surface area (Å²) in [6.45, 7) is 1.86. The molecule has 0 saturated carbocycles. The number of nitrogens with zero attached hydrogens (tertiary/aromatic N) is 3. The van der Waals surface area contributed by atoms with E-state index in [2.05, 4.69) is 31.2 Å². The summed E-state index contributed by atoms with van der Waals surface area (Å²) in [6, 6.07) is 19.8. The normalized spacial score (nSPS) is 16.2. The van der Waals surface area contributed by atoms with Crippen LogP contribution >= 0.6 is 27.5 Å². The van der Waals surface area contributed by atoms with Crippen molar-refractivity contribution >= 4 is 45.4 Å². The van der Waals surface area contributed by atoms with E-state index in [0.717, 1.165) is 15.6 Å². The van der Waals surface area contributed by atoms with Gasteiger partial charge in [-0.1, -0.05) is 83.0 Å². The Morgan fingerprint density at radius 3 is 2.48 bits per heavy atom. The number of aromatic amines is 1. The van der Waals surface area contributed by atoms with Gasteiger partial charge in [-0.05, 0) is 35.4 Å². The summed E-state index contributed by atoms with van der Waals surface area (Å²) in [4.78, 5) is 49.8. The molecule has 1 saturated heterocycles. The van der Waals surface area contributed by atoms with E-state index in [4.69, 9.17) is 16.3 Å². The lowest BCUT2D eigenvalue weighted by atomic mass is 9.91. The molecule has 3 aromatic carbocycles. The number of amides is 4. The molecule has 1 fully saturated rings. The number of ether oxygens (including phenoxy) is 1. The van der Waals surface area contributed by atoms with Crippen molar-refractivity contribution in [3.63, 3.8) is 0 Å². The van der Waals surface area contributed by atoms with Gasteiger partial charge >= 0.3 is 6.03 Å². The first-order valence-corrected chi connectivity index (χ1v) is 14.4. The van der Waals surface area contributed by atoms with Crippen LogP contribution in [0, 0.1) is 0 Å². The zero-order chi connectivity index (χ0) is 30.0. The van der Waals surface area contributed by atoms with Crippen LogP contribution in [0.15, 0.2) is 83.5 Å². The van der Waals surface area contributed by atoms with E-state index in [1.54, 1.807) is 50.6 Å². The zero-order valence-corrected chi connectivity index (χ0v) is 25.5. The summed E-state index contributed by atoms with van der Waals surface area (Å²) in [5, 5.41) is 3.36. The third kappa shape index (κ3) is 6.05. The molecule has 216 valence electrons. The molecule has 3 atom stereocenters. The predicted octanol–water partition coefficient (Wildman–Crippen LogP) is 6.10. The van der Waals surface area contributed by atoms with Crippen molar-refractivity contribution < 1.29 is 19.1 Å². The van der Waals surface area contributed by atoms with Gasteiger partial charge in [0.05, 0.1) is 16.9 Å². The number of carbonyl (C=O) groups excluding carboxylic acids is 3. The monoisotopic (exact) mass is 649 g/mol. The Morgan fingerprint density at radius 1 is 1.10 bits per heavy atom. The topological polar surface area (TPSA) is 108 Å². The molecule has 0 bridgehead atoms. The number of rotatable bonds is 9. The van der Waals surface area contributed by atoms with Crippen LogP contribution in [0.4, 0.5) is 4.79 Å². The second kappa shape index (κ2) is 12.4. The highest BCUT2D eigenvalue weighted by atomic mass is 79.9. The molecule has 42 heavy (non-hydrogen) atoms. The highest BCUT2D eigenvalue weighted by Gasteiger charge is 2.46. The molecule has 9 nitrogen and oxygen atoms in total. The van der Waals surface area contributed by atoms with Crippen LogP contribution < -0.4 is 10.1 Å². The van der Waals surface area contributed by atoms with Gasteiger partial charge < -0.3 is 19.9 Å². The van der Waals surface area contributed by atoms with Gasteiger partial charge in [-0.2, -0.15) is 0 Å². The molecule has 0 spiro atoms. The number of carbonyl (C=O) groups is 3. The molecule has 0 aliphatic carbocycles. The summed E-state index contributed by atoms with van der Waals surface area (Å²) in [7, 11) is 3.31. The van der Waals surface area contributed by atoms with Crippen molar-refractivity contribution in [2.45, 2.75) is 24.9 Å². The van der Waals surface area contributed by atoms with Crippen molar-refractivity contribution in [1.82, 2.24) is 25.1 Å². The highest BCUT2D eigenvalue weighted by Crippen LogP contribution is 2.40. The Balaban J connectivity index is 1.45. The summed E-state index contributed by atoms with van der Waals surface area (Å²) in [5.74, 6) is 0.0783. The van der Waals surface area contributed by atoms with E-state index in [1.807, 2.05) is 49.4 Å². The van der Waals surface area contributed by atoms with Crippen molar-refractivity contribution in [3.05, 3.63) is 105 Å². The van der Waals surface area contributed by atoms with Gasteiger partial charge in [0.15, 0.2) is 6.61 Å². The van der Waals surface area contributed by atoms with Crippen LogP contribution in [0.3, 0.4) is 0 Å². The number of imidazole rings is 1. The number of benzene rings is 3. The number of likely N-dealkylation sites (N-methyl/N-ethyl adjacent to an activating group) is 1. The largest absolute Gasteiger partial charge is 0.484 e. The third-order valence-corrected chi connectivity index (χ3v) is 8.03. The zero-order valence-electron chi connectivity index (χ0n) is 23.2. The molecule has 0 radical (unpaired) electrons. The fraction of sp³-hybridized carbons (Fsp3) is 0.226. The minimum Gasteiger partial charge on any atom is -0.484 e. The van der Waals surface area contributed by atoms with Crippen molar-refractivity contribution in [1.29, 1.82) is 0 Å². The molecule has 11 heteroatoms. The Hall–Kier alpha value is -4.15. The molecular weight excluding hydrogens is 622 g/mol. The molecule has 5 rings (SSSR count). The van der Waals surface area contributed by atoms with Gasteiger partial charge in [0, 0.05) is 30.0 Å². The van der Waals surface area contributed by atoms with E-state index < -0.39 is 24.0 Å². The molecule has 1 aliphatic rings. The highest BCUT2D eigenvalue weighted by molar-refractivity contribution is 9.10. The summed E-state index contributed by atoms with van der Waals surface area (Å²) in [6.07, 6.45) is 1.66. The van der Waals surface area contributed by atoms with Gasteiger partial charge in [-0.25, -0.2) is 9.78 Å². The number of aromatic nitrogens is 2. The SMILES string of the molecule is C[C@@H](c1ccccc1)[C@@H](c1ncc(-c2ccc(Br)cc2Cl)[nH]1)N1C(=O)N[C@H](c2ccc(OCC(=O)N(C)C)cc2)C1=O. The van der Waals surface area contributed by atoms with Gasteiger partial charge in [0.2, 0.25) is 0 Å². The maximum atomic E-state index is 13.9. The van der Waals surface area contributed by atoms with Gasteiger partial charge in [0.1, 0.15) is 23.7 Å². The predicted molar refractivity (Wildman–Crippen MR) is 163 cm³/mol. The molecule has 1 aliphatic heterocycles. The number of halogens is 2. The average Bonchev–Trinajstić information content (AvgIpc) is 3.57. The van der Waals surface area contributed by atoms with Crippen LogP contribution in [0.1, 0.15) is 41.9 Å². The summed E-state index contributed by atoms with van der Waals surface area (Å²) < 4.78 is 6.39. The third-order valence-electron chi connectivity index (χ3n) is 7.22. The number of nitrogens with one attached hydrogen (secondary N) is 2. The molecule has 2 heterocycles. The number of hydrogen-bond acceptors (Lipinski definition) is 5. The van der Waals surface area contributed by atoms with E-state index in [0.29, 0.717) is 27.9 Å². The van der Waals surface area contributed by atoms with Crippen LogP contribution in [-0.4, -0.2) is 58.3 Å². The van der Waals surface area contributed by atoms with Crippen LogP contribution in [0.5, 0.6) is 5.75 Å². The van der Waals surface area contributed by atoms with E-state index in [9.17, 15) is 14.4 Å². The molecule has 1 aromatic heterocycles. The average molecular weight is 651 g/mol. The quantitative estimate of drug-likeness (QED) is 0.213. The van der Waals surface area contributed by atoms with Gasteiger partial charge in [0.25, 0.3) is 11.8 Å². The van der Waals surface area contributed by atoms with Crippen molar-refractivity contribution in [3.8, 4) is 17.0 Å². The second-order valence-electron chi connectivity index (χ2n) is 10.2.